The fourth-order valence-corrected chi connectivity index (χ4v) is 4.70. The number of carbonyl (C=O) groups excluding carboxylic acids is 1. The molecular weight excluding hydrogens is 432 g/mol. The van der Waals surface area contributed by atoms with Crippen LogP contribution < -0.4 is 0 Å². The maximum absolute atomic E-state index is 13.1. The number of ether oxygens (including phenoxy) is 1. The Hall–Kier alpha value is -2.20. The van der Waals surface area contributed by atoms with Gasteiger partial charge in [-0.15, -0.1) is 0 Å². The predicted octanol–water partition coefficient (Wildman–Crippen LogP) is 3.45. The predicted molar refractivity (Wildman–Crippen MR) is 107 cm³/mol. The van der Waals surface area contributed by atoms with Gasteiger partial charge in [-0.05, 0) is 49.3 Å². The Morgan fingerprint density at radius 2 is 1.69 bits per heavy atom. The number of halogens is 4. The number of benzene rings is 1. The lowest BCUT2D eigenvalue weighted by Crippen LogP contribution is -2.53. The summed E-state index contributed by atoms with van der Waals surface area (Å²) in [5.41, 5.74) is 1.15. The van der Waals surface area contributed by atoms with Crippen LogP contribution in [0.5, 0.6) is 0 Å². The third-order valence-corrected chi connectivity index (χ3v) is 6.34. The molecule has 3 aliphatic rings. The fourth-order valence-electron chi connectivity index (χ4n) is 4.70. The minimum Gasteiger partial charge on any atom is -0.475 e. The maximum atomic E-state index is 13.1. The van der Waals surface area contributed by atoms with Crippen molar-refractivity contribution in [2.45, 2.75) is 56.9 Å². The van der Waals surface area contributed by atoms with Gasteiger partial charge in [-0.1, -0.05) is 12.1 Å². The SMILES string of the molecule is O=C(O)C(F)(F)F.O=C1CC[C@H]2[C@H](CCN2Cc2ccc(F)cc2)N1CC1CCOCC1. The first-order valence-corrected chi connectivity index (χ1v) is 10.8. The molecule has 0 radical (unpaired) electrons. The number of rotatable bonds is 4. The van der Waals surface area contributed by atoms with E-state index < -0.39 is 12.1 Å². The molecule has 0 spiro atoms. The number of amides is 1. The molecular formula is C22H28F4N2O4. The molecule has 1 amide bonds. The molecule has 10 heteroatoms. The second-order valence-electron chi connectivity index (χ2n) is 8.46. The molecule has 0 bridgehead atoms. The van der Waals surface area contributed by atoms with Gasteiger partial charge in [-0.25, -0.2) is 9.18 Å². The summed E-state index contributed by atoms with van der Waals surface area (Å²) >= 11 is 0. The number of hydrogen-bond acceptors (Lipinski definition) is 4. The standard InChI is InChI=1S/C20H27FN2O2.C2HF3O2/c21-17-3-1-15(2-4-17)13-22-10-7-19-18(22)5-6-20(24)23(19)14-16-8-11-25-12-9-16;3-2(4,5)1(6)7/h1-4,16,18-19H,5-14H2;(H,6,7)/t18-,19-;/m0./s1. The summed E-state index contributed by atoms with van der Waals surface area (Å²) in [5.74, 6) is -2.03. The Morgan fingerprint density at radius 1 is 1.06 bits per heavy atom. The van der Waals surface area contributed by atoms with Crippen molar-refractivity contribution in [3.63, 3.8) is 0 Å². The number of fused-ring (bicyclic) bond motifs is 1. The summed E-state index contributed by atoms with van der Waals surface area (Å²) in [4.78, 5) is 26.1. The molecule has 3 heterocycles. The average Bonchev–Trinajstić information content (AvgIpc) is 3.15. The largest absolute Gasteiger partial charge is 0.490 e. The monoisotopic (exact) mass is 460 g/mol. The van der Waals surface area contributed by atoms with Crippen molar-refractivity contribution in [1.82, 2.24) is 9.80 Å². The molecule has 0 aromatic heterocycles. The van der Waals surface area contributed by atoms with Crippen molar-refractivity contribution in [3.8, 4) is 0 Å². The Bertz CT molecular complexity index is 781. The minimum atomic E-state index is -5.08. The average molecular weight is 460 g/mol. The van der Waals surface area contributed by atoms with E-state index in [9.17, 15) is 22.4 Å². The van der Waals surface area contributed by atoms with E-state index >= 15 is 0 Å². The van der Waals surface area contributed by atoms with E-state index in [1.165, 1.54) is 12.1 Å². The molecule has 2 atom stereocenters. The summed E-state index contributed by atoms with van der Waals surface area (Å²) in [6.07, 6.45) is -0.277. The highest BCUT2D eigenvalue weighted by molar-refractivity contribution is 5.77. The Kier molecular flexibility index (Phi) is 8.10. The van der Waals surface area contributed by atoms with E-state index in [0.29, 0.717) is 30.3 Å². The van der Waals surface area contributed by atoms with E-state index in [-0.39, 0.29) is 5.82 Å². The van der Waals surface area contributed by atoms with Crippen LogP contribution in [0.25, 0.3) is 0 Å². The first-order valence-electron chi connectivity index (χ1n) is 10.8. The third kappa shape index (κ3) is 6.41. The number of hydrogen-bond donors (Lipinski definition) is 1. The first kappa shape index (κ1) is 24.4. The molecule has 3 aliphatic heterocycles. The molecule has 0 saturated carbocycles. The van der Waals surface area contributed by atoms with Crippen LogP contribution in [-0.4, -0.2) is 71.3 Å². The molecule has 178 valence electrons. The lowest BCUT2D eigenvalue weighted by molar-refractivity contribution is -0.192. The molecule has 32 heavy (non-hydrogen) atoms. The summed E-state index contributed by atoms with van der Waals surface area (Å²) < 4.78 is 50.3. The van der Waals surface area contributed by atoms with Crippen molar-refractivity contribution >= 4 is 11.9 Å². The van der Waals surface area contributed by atoms with Gasteiger partial charge in [0.1, 0.15) is 5.82 Å². The molecule has 1 aromatic carbocycles. The van der Waals surface area contributed by atoms with Gasteiger partial charge in [-0.2, -0.15) is 13.2 Å². The van der Waals surface area contributed by atoms with Crippen molar-refractivity contribution in [2.24, 2.45) is 5.92 Å². The van der Waals surface area contributed by atoms with Crippen LogP contribution in [0, 0.1) is 11.7 Å². The molecule has 1 N–H and O–H groups in total. The Balaban J connectivity index is 0.000000360. The van der Waals surface area contributed by atoms with Crippen molar-refractivity contribution in [2.75, 3.05) is 26.3 Å². The summed E-state index contributed by atoms with van der Waals surface area (Å²) in [5, 5.41) is 7.12. The van der Waals surface area contributed by atoms with Gasteiger partial charge in [0.15, 0.2) is 0 Å². The number of likely N-dealkylation sites (tertiary alicyclic amines) is 2. The molecule has 3 saturated heterocycles. The number of aliphatic carboxylic acids is 1. The van der Waals surface area contributed by atoms with Crippen LogP contribution >= 0.6 is 0 Å². The van der Waals surface area contributed by atoms with E-state index in [0.717, 1.165) is 64.1 Å². The molecule has 3 fully saturated rings. The van der Waals surface area contributed by atoms with Gasteiger partial charge in [0.05, 0.1) is 0 Å². The van der Waals surface area contributed by atoms with Crippen molar-refractivity contribution < 1.29 is 37.0 Å². The molecule has 4 rings (SSSR count). The zero-order valence-corrected chi connectivity index (χ0v) is 17.7. The lowest BCUT2D eigenvalue weighted by atomic mass is 9.92. The zero-order valence-electron chi connectivity index (χ0n) is 17.7. The topological polar surface area (TPSA) is 70.1 Å². The number of carboxylic acids is 1. The summed E-state index contributed by atoms with van der Waals surface area (Å²) in [7, 11) is 0. The number of piperidine rings is 1. The second kappa shape index (κ2) is 10.6. The van der Waals surface area contributed by atoms with Gasteiger partial charge >= 0.3 is 12.1 Å². The minimum absolute atomic E-state index is 0.186. The number of carboxylic acid groups (broad SMARTS) is 1. The molecule has 6 nitrogen and oxygen atoms in total. The number of nitrogens with zero attached hydrogens (tertiary/aromatic N) is 2. The van der Waals surface area contributed by atoms with E-state index in [4.69, 9.17) is 14.6 Å². The van der Waals surface area contributed by atoms with E-state index in [1.807, 2.05) is 12.1 Å². The van der Waals surface area contributed by atoms with Crippen molar-refractivity contribution in [1.29, 1.82) is 0 Å². The van der Waals surface area contributed by atoms with Gasteiger partial charge in [-0.3, -0.25) is 9.69 Å². The smallest absolute Gasteiger partial charge is 0.475 e. The summed E-state index contributed by atoms with van der Waals surface area (Å²) in [6.45, 7) is 4.42. The van der Waals surface area contributed by atoms with Crippen LogP contribution in [0.2, 0.25) is 0 Å². The summed E-state index contributed by atoms with van der Waals surface area (Å²) in [6, 6.07) is 7.61. The normalized spacial score (nSPS) is 24.6. The molecule has 1 aromatic rings. The van der Waals surface area contributed by atoms with Crippen LogP contribution in [-0.2, 0) is 20.9 Å². The third-order valence-electron chi connectivity index (χ3n) is 6.34. The van der Waals surface area contributed by atoms with E-state index in [1.54, 1.807) is 0 Å². The van der Waals surface area contributed by atoms with Crippen LogP contribution in [0.15, 0.2) is 24.3 Å². The van der Waals surface area contributed by atoms with Gasteiger partial charge in [0.2, 0.25) is 5.91 Å². The van der Waals surface area contributed by atoms with E-state index in [2.05, 4.69) is 9.80 Å². The quantitative estimate of drug-likeness (QED) is 0.697. The van der Waals surface area contributed by atoms with Crippen LogP contribution in [0.1, 0.15) is 37.7 Å². The maximum Gasteiger partial charge on any atom is 0.490 e. The second-order valence-corrected chi connectivity index (χ2v) is 8.46. The zero-order chi connectivity index (χ0) is 23.3. The number of carbonyl (C=O) groups is 2. The highest BCUT2D eigenvalue weighted by atomic mass is 19.4. The highest BCUT2D eigenvalue weighted by Crippen LogP contribution is 2.33. The van der Waals surface area contributed by atoms with Crippen LogP contribution in [0.3, 0.4) is 0 Å². The van der Waals surface area contributed by atoms with Crippen LogP contribution in [0.4, 0.5) is 17.6 Å². The fraction of sp³-hybridized carbons (Fsp3) is 0.636. The first-order chi connectivity index (χ1) is 15.1. The number of alkyl halides is 3. The molecule has 0 aliphatic carbocycles. The Morgan fingerprint density at radius 3 is 2.28 bits per heavy atom. The van der Waals surface area contributed by atoms with Gasteiger partial charge in [0.25, 0.3) is 0 Å². The Labute approximate surface area is 184 Å². The van der Waals surface area contributed by atoms with Gasteiger partial charge < -0.3 is 14.7 Å². The van der Waals surface area contributed by atoms with Gasteiger partial charge in [0, 0.05) is 51.4 Å². The molecule has 0 unspecified atom stereocenters. The van der Waals surface area contributed by atoms with Crippen molar-refractivity contribution in [3.05, 3.63) is 35.6 Å². The highest BCUT2D eigenvalue weighted by Gasteiger charge is 2.43. The lowest BCUT2D eigenvalue weighted by Gasteiger charge is -2.42.